The van der Waals surface area contributed by atoms with Crippen molar-refractivity contribution in [2.45, 2.75) is 24.3 Å². The van der Waals surface area contributed by atoms with Crippen LogP contribution in [0, 0.1) is 5.82 Å². The molecule has 3 aromatic rings. The lowest BCUT2D eigenvalue weighted by Crippen LogP contribution is -2.24. The van der Waals surface area contributed by atoms with E-state index in [2.05, 4.69) is 14.4 Å². The maximum absolute atomic E-state index is 13.5. The van der Waals surface area contributed by atoms with Gasteiger partial charge in [-0.1, -0.05) is 0 Å². The van der Waals surface area contributed by atoms with Crippen molar-refractivity contribution >= 4 is 30.9 Å². The summed E-state index contributed by atoms with van der Waals surface area (Å²) < 4.78 is 67.3. The Labute approximate surface area is 168 Å². The number of aryl methyl sites for hydroxylation is 1. The maximum atomic E-state index is 13.5. The standard InChI is InChI=1S/C19H20FN3O4S2/c1-11-16-8-13(17-10-22-18-9-14(20)3-4-15(17)18)7-12(5-6-28(24,25)21-2)19(16)29(26,27)23-11/h3-4,7-11,21-23H,5-6H2,1-2H3. The van der Waals surface area contributed by atoms with E-state index in [1.807, 2.05) is 0 Å². The Morgan fingerprint density at radius 3 is 2.69 bits per heavy atom. The molecule has 1 aromatic heterocycles. The van der Waals surface area contributed by atoms with Crippen molar-refractivity contribution in [1.82, 2.24) is 14.4 Å². The summed E-state index contributed by atoms with van der Waals surface area (Å²) in [7, 11) is -5.90. The second-order valence-electron chi connectivity index (χ2n) is 7.06. The van der Waals surface area contributed by atoms with Gasteiger partial charge in [-0.3, -0.25) is 0 Å². The molecule has 0 saturated heterocycles. The van der Waals surface area contributed by atoms with Crippen LogP contribution in [0.1, 0.15) is 24.1 Å². The molecule has 1 atom stereocenters. The van der Waals surface area contributed by atoms with Crippen LogP contribution in [0.2, 0.25) is 0 Å². The largest absolute Gasteiger partial charge is 0.360 e. The minimum atomic E-state index is -3.72. The van der Waals surface area contributed by atoms with Crippen LogP contribution in [-0.4, -0.2) is 34.6 Å². The summed E-state index contributed by atoms with van der Waals surface area (Å²) in [6.45, 7) is 1.74. The summed E-state index contributed by atoms with van der Waals surface area (Å²) in [6, 6.07) is 7.47. The van der Waals surface area contributed by atoms with Gasteiger partial charge in [0.1, 0.15) is 5.82 Å². The third-order valence-corrected chi connectivity index (χ3v) is 8.23. The Balaban J connectivity index is 1.90. The highest BCUT2D eigenvalue weighted by atomic mass is 32.2. The highest BCUT2D eigenvalue weighted by Crippen LogP contribution is 2.39. The average Bonchev–Trinajstić information content (AvgIpc) is 3.17. The van der Waals surface area contributed by atoms with E-state index in [4.69, 9.17) is 0 Å². The summed E-state index contributed by atoms with van der Waals surface area (Å²) in [6.07, 6.45) is 1.78. The Hall–Kier alpha value is -2.27. The number of fused-ring (bicyclic) bond motifs is 2. The fourth-order valence-electron chi connectivity index (χ4n) is 3.74. The molecule has 0 bridgehead atoms. The zero-order chi connectivity index (χ0) is 21.0. The molecule has 2 heterocycles. The molecule has 0 fully saturated rings. The minimum absolute atomic E-state index is 0.0456. The van der Waals surface area contributed by atoms with Crippen LogP contribution in [-0.2, 0) is 26.5 Å². The number of aromatic amines is 1. The van der Waals surface area contributed by atoms with E-state index in [-0.39, 0.29) is 22.9 Å². The normalized spacial score (nSPS) is 18.2. The first-order chi connectivity index (χ1) is 13.6. The van der Waals surface area contributed by atoms with E-state index in [1.54, 1.807) is 31.3 Å². The van der Waals surface area contributed by atoms with E-state index in [0.29, 0.717) is 16.6 Å². The predicted octanol–water partition coefficient (Wildman–Crippen LogP) is 2.42. The first-order valence-electron chi connectivity index (χ1n) is 8.99. The van der Waals surface area contributed by atoms with Gasteiger partial charge in [0.2, 0.25) is 20.0 Å². The van der Waals surface area contributed by atoms with Gasteiger partial charge >= 0.3 is 0 Å². The van der Waals surface area contributed by atoms with Gasteiger partial charge in [-0.2, -0.15) is 0 Å². The topological polar surface area (TPSA) is 108 Å². The number of nitrogens with one attached hydrogen (secondary N) is 3. The molecular formula is C19H20FN3O4S2. The van der Waals surface area contributed by atoms with Crippen LogP contribution in [0.4, 0.5) is 4.39 Å². The van der Waals surface area contributed by atoms with Crippen LogP contribution in [0.25, 0.3) is 22.0 Å². The number of rotatable bonds is 5. The van der Waals surface area contributed by atoms with Crippen LogP contribution < -0.4 is 9.44 Å². The third kappa shape index (κ3) is 3.57. The number of hydrogen-bond donors (Lipinski definition) is 3. The number of H-pyrrole nitrogens is 1. The Bertz CT molecular complexity index is 1330. The Kier molecular flexibility index (Phi) is 4.77. The van der Waals surface area contributed by atoms with Gasteiger partial charge in [0.05, 0.1) is 10.6 Å². The number of aromatic nitrogens is 1. The molecule has 29 heavy (non-hydrogen) atoms. The lowest BCUT2D eigenvalue weighted by molar-refractivity contribution is 0.580. The lowest BCUT2D eigenvalue weighted by Gasteiger charge is -2.12. The molecule has 4 rings (SSSR count). The van der Waals surface area contributed by atoms with Crippen LogP contribution in [0.3, 0.4) is 0 Å². The SMILES string of the molecule is CNS(=O)(=O)CCc1cc(-c2c[nH]c3cc(F)ccc23)cc2c1S(=O)(=O)NC2C. The summed E-state index contributed by atoms with van der Waals surface area (Å²) in [5, 5.41) is 0.793. The number of halogens is 1. The Morgan fingerprint density at radius 1 is 1.21 bits per heavy atom. The van der Waals surface area contributed by atoms with Gasteiger partial charge < -0.3 is 4.98 Å². The van der Waals surface area contributed by atoms with Crippen molar-refractivity contribution in [3.05, 3.63) is 53.5 Å². The second kappa shape index (κ2) is 6.91. The minimum Gasteiger partial charge on any atom is -0.360 e. The Morgan fingerprint density at radius 2 is 1.97 bits per heavy atom. The summed E-state index contributed by atoms with van der Waals surface area (Å²) in [5.41, 5.74) is 3.18. The molecule has 0 saturated carbocycles. The van der Waals surface area contributed by atoms with Crippen molar-refractivity contribution in [2.24, 2.45) is 0 Å². The lowest BCUT2D eigenvalue weighted by atomic mass is 9.96. The number of benzene rings is 2. The summed E-state index contributed by atoms with van der Waals surface area (Å²) >= 11 is 0. The van der Waals surface area contributed by atoms with Crippen molar-refractivity contribution in [2.75, 3.05) is 12.8 Å². The van der Waals surface area contributed by atoms with Crippen LogP contribution in [0.5, 0.6) is 0 Å². The third-order valence-electron chi connectivity index (χ3n) is 5.17. The van der Waals surface area contributed by atoms with E-state index < -0.39 is 26.1 Å². The van der Waals surface area contributed by atoms with Crippen molar-refractivity contribution < 1.29 is 21.2 Å². The molecule has 7 nitrogen and oxygen atoms in total. The fraction of sp³-hybridized carbons (Fsp3) is 0.263. The van der Waals surface area contributed by atoms with Crippen LogP contribution >= 0.6 is 0 Å². The van der Waals surface area contributed by atoms with Gasteiger partial charge in [-0.25, -0.2) is 30.7 Å². The van der Waals surface area contributed by atoms with Crippen molar-refractivity contribution in [3.63, 3.8) is 0 Å². The van der Waals surface area contributed by atoms with Crippen LogP contribution in [0.15, 0.2) is 41.4 Å². The van der Waals surface area contributed by atoms with Crippen molar-refractivity contribution in [1.29, 1.82) is 0 Å². The van der Waals surface area contributed by atoms with E-state index >= 15 is 0 Å². The molecule has 1 unspecified atom stereocenters. The molecule has 0 amide bonds. The first-order valence-corrected chi connectivity index (χ1v) is 12.1. The van der Waals surface area contributed by atoms with Gasteiger partial charge in [0.25, 0.3) is 0 Å². The smallest absolute Gasteiger partial charge is 0.241 e. The molecule has 1 aliphatic heterocycles. The molecule has 1 aliphatic rings. The first kappa shape index (κ1) is 20.0. The van der Waals surface area contributed by atoms with E-state index in [0.717, 1.165) is 16.5 Å². The average molecular weight is 438 g/mol. The molecular weight excluding hydrogens is 417 g/mol. The zero-order valence-electron chi connectivity index (χ0n) is 15.8. The summed E-state index contributed by atoms with van der Waals surface area (Å²) in [5.74, 6) is -0.593. The van der Waals surface area contributed by atoms with Gasteiger partial charge in [0.15, 0.2) is 0 Å². The van der Waals surface area contributed by atoms with E-state index in [9.17, 15) is 21.2 Å². The molecule has 154 valence electrons. The van der Waals surface area contributed by atoms with Gasteiger partial charge in [-0.15, -0.1) is 0 Å². The van der Waals surface area contributed by atoms with Gasteiger partial charge in [0, 0.05) is 28.7 Å². The molecule has 10 heteroatoms. The highest BCUT2D eigenvalue weighted by Gasteiger charge is 2.34. The number of hydrogen-bond acceptors (Lipinski definition) is 4. The van der Waals surface area contributed by atoms with Crippen molar-refractivity contribution in [3.8, 4) is 11.1 Å². The predicted molar refractivity (Wildman–Crippen MR) is 109 cm³/mol. The molecule has 0 radical (unpaired) electrons. The quantitative estimate of drug-likeness (QED) is 0.570. The number of sulfonamides is 2. The molecule has 2 aromatic carbocycles. The maximum Gasteiger partial charge on any atom is 0.241 e. The fourth-order valence-corrected chi connectivity index (χ4v) is 6.20. The van der Waals surface area contributed by atoms with Gasteiger partial charge in [-0.05, 0) is 67.4 Å². The zero-order valence-corrected chi connectivity index (χ0v) is 17.4. The molecule has 0 spiro atoms. The molecule has 0 aliphatic carbocycles. The highest BCUT2D eigenvalue weighted by molar-refractivity contribution is 7.90. The monoisotopic (exact) mass is 437 g/mol. The summed E-state index contributed by atoms with van der Waals surface area (Å²) in [4.78, 5) is 3.17. The second-order valence-corrected chi connectivity index (χ2v) is 10.8. The van der Waals surface area contributed by atoms with E-state index in [1.165, 1.54) is 19.2 Å². The molecule has 3 N–H and O–H groups in total.